The largest absolute Gasteiger partial charge is 0.459 e. The van der Waals surface area contributed by atoms with Crippen LogP contribution < -0.4 is 10.1 Å². The Morgan fingerprint density at radius 1 is 0.913 bits per heavy atom. The summed E-state index contributed by atoms with van der Waals surface area (Å²) in [6, 6.07) is 19.9. The number of amides is 1. The number of hydrogen-bond acceptors (Lipinski definition) is 5. The third kappa shape index (κ3) is 6.51. The zero-order valence-electron chi connectivity index (χ0n) is 23.2. The molecule has 1 N–H and O–H groups in total. The number of halogens is 9. The number of alkyl halides is 8. The van der Waals surface area contributed by atoms with E-state index in [9.17, 15) is 39.9 Å². The smallest absolute Gasteiger partial charge is 0.457 e. The van der Waals surface area contributed by atoms with Crippen LogP contribution in [0.1, 0.15) is 27.2 Å². The van der Waals surface area contributed by atoms with Crippen molar-refractivity contribution in [3.05, 3.63) is 106 Å². The molecule has 5 aromatic rings. The van der Waals surface area contributed by atoms with E-state index in [1.54, 1.807) is 36.4 Å². The molecule has 8 nitrogen and oxygen atoms in total. The second-order valence-electron chi connectivity index (χ2n) is 9.73. The van der Waals surface area contributed by atoms with Gasteiger partial charge in [-0.15, -0.1) is 5.10 Å². The van der Waals surface area contributed by atoms with E-state index < -0.39 is 41.3 Å². The van der Waals surface area contributed by atoms with Gasteiger partial charge in [0.15, 0.2) is 11.5 Å². The summed E-state index contributed by atoms with van der Waals surface area (Å²) in [5.74, 6) is -6.56. The van der Waals surface area contributed by atoms with Gasteiger partial charge in [0.2, 0.25) is 0 Å². The Labute approximate surface area is 259 Å². The summed E-state index contributed by atoms with van der Waals surface area (Å²) in [5, 5.41) is 12.8. The molecule has 17 heteroatoms. The van der Waals surface area contributed by atoms with Crippen LogP contribution in [0.2, 0.25) is 5.02 Å². The molecule has 2 heterocycles. The van der Waals surface area contributed by atoms with Gasteiger partial charge < -0.3 is 10.1 Å². The number of para-hydroxylation sites is 1. The molecule has 3 aromatic carbocycles. The predicted molar refractivity (Wildman–Crippen MR) is 148 cm³/mol. The molecular formula is C29H19ClF8N6O2. The molecule has 0 fully saturated rings. The highest BCUT2D eigenvalue weighted by atomic mass is 35.5. The molecule has 0 saturated heterocycles. The Hall–Kier alpha value is -4.99. The first-order chi connectivity index (χ1) is 21.6. The van der Waals surface area contributed by atoms with Crippen molar-refractivity contribution in [3.63, 3.8) is 0 Å². The standard InChI is InChI=1S/C29H19ClF8N6O2/c1-43-26(23(28(33,34)35)24(41-43)27(31,32)29(36,37)38)44-15-22(40-42-44)17-9-12-21(30)20(13-17)25(45)39-14-16-7-10-19(11-8-16)46-18-5-3-2-4-6-18/h2-13,15H,14H2,1H3,(H,39,45). The van der Waals surface area contributed by atoms with E-state index >= 15 is 0 Å². The van der Waals surface area contributed by atoms with E-state index in [1.165, 1.54) is 18.2 Å². The first-order valence-corrected chi connectivity index (χ1v) is 13.4. The number of nitrogens with zero attached hydrogens (tertiary/aromatic N) is 5. The summed E-state index contributed by atoms with van der Waals surface area (Å²) in [6.45, 7) is 0.0901. The topological polar surface area (TPSA) is 86.9 Å². The van der Waals surface area contributed by atoms with Crippen LogP contribution in [0.15, 0.2) is 79.0 Å². The summed E-state index contributed by atoms with van der Waals surface area (Å²) in [4.78, 5) is 13.0. The lowest BCUT2D eigenvalue weighted by Gasteiger charge is -2.19. The van der Waals surface area contributed by atoms with Gasteiger partial charge >= 0.3 is 18.3 Å². The molecule has 1 amide bonds. The van der Waals surface area contributed by atoms with Gasteiger partial charge in [-0.2, -0.15) is 40.2 Å². The Balaban J connectivity index is 1.37. The van der Waals surface area contributed by atoms with E-state index in [2.05, 4.69) is 20.7 Å². The van der Waals surface area contributed by atoms with Crippen molar-refractivity contribution in [1.29, 1.82) is 0 Å². The van der Waals surface area contributed by atoms with Crippen LogP contribution in [0.4, 0.5) is 35.1 Å². The summed E-state index contributed by atoms with van der Waals surface area (Å²) >= 11 is 6.22. The van der Waals surface area contributed by atoms with Crippen molar-refractivity contribution in [1.82, 2.24) is 30.1 Å². The van der Waals surface area contributed by atoms with Crippen LogP contribution in [0, 0.1) is 0 Å². The number of benzene rings is 3. The highest BCUT2D eigenvalue weighted by Gasteiger charge is 2.64. The second-order valence-corrected chi connectivity index (χ2v) is 10.1. The molecule has 0 saturated carbocycles. The number of ether oxygens (including phenoxy) is 1. The summed E-state index contributed by atoms with van der Waals surface area (Å²) in [5.41, 5.74) is -4.23. The minimum absolute atomic E-state index is 0.0188. The Morgan fingerprint density at radius 3 is 2.20 bits per heavy atom. The molecule has 0 bridgehead atoms. The van der Waals surface area contributed by atoms with Gasteiger partial charge in [-0.25, -0.2) is 9.36 Å². The Morgan fingerprint density at radius 2 is 1.57 bits per heavy atom. The predicted octanol–water partition coefficient (Wildman–Crippen LogP) is 7.72. The fourth-order valence-electron chi connectivity index (χ4n) is 4.33. The highest BCUT2D eigenvalue weighted by Crippen LogP contribution is 2.49. The van der Waals surface area contributed by atoms with Gasteiger partial charge in [-0.1, -0.05) is 53.2 Å². The molecule has 0 radical (unpaired) electrons. The number of carbonyl (C=O) groups excluding carboxylic acids is 1. The minimum atomic E-state index is -6.35. The molecule has 240 valence electrons. The fourth-order valence-corrected chi connectivity index (χ4v) is 4.53. The molecule has 0 unspecified atom stereocenters. The third-order valence-electron chi connectivity index (χ3n) is 6.53. The van der Waals surface area contributed by atoms with Gasteiger partial charge in [-0.3, -0.25) is 4.79 Å². The van der Waals surface area contributed by atoms with Gasteiger partial charge in [-0.05, 0) is 42.0 Å². The molecule has 0 spiro atoms. The Kier molecular flexibility index (Phi) is 8.51. The number of hydrogen-bond donors (Lipinski definition) is 1. The van der Waals surface area contributed by atoms with Crippen molar-refractivity contribution in [2.45, 2.75) is 24.8 Å². The third-order valence-corrected chi connectivity index (χ3v) is 6.86. The SMILES string of the molecule is Cn1nc(C(F)(F)C(F)(F)F)c(C(F)(F)F)c1-n1cc(-c2ccc(Cl)c(C(=O)NCc3ccc(Oc4ccccc4)cc3)c2)nn1. The molecule has 46 heavy (non-hydrogen) atoms. The van der Waals surface area contributed by atoms with Crippen LogP contribution in [0.25, 0.3) is 17.1 Å². The van der Waals surface area contributed by atoms with E-state index in [4.69, 9.17) is 16.3 Å². The van der Waals surface area contributed by atoms with E-state index in [0.29, 0.717) is 16.2 Å². The van der Waals surface area contributed by atoms with Crippen LogP contribution >= 0.6 is 11.6 Å². The maximum absolute atomic E-state index is 14.1. The van der Waals surface area contributed by atoms with E-state index in [1.807, 2.05) is 18.2 Å². The van der Waals surface area contributed by atoms with Gasteiger partial charge in [0, 0.05) is 19.2 Å². The maximum Gasteiger partial charge on any atom is 0.459 e. The van der Waals surface area contributed by atoms with Gasteiger partial charge in [0.05, 0.1) is 16.8 Å². The molecule has 0 aliphatic heterocycles. The summed E-state index contributed by atoms with van der Waals surface area (Å²) in [6.07, 6.45) is -11.2. The van der Waals surface area contributed by atoms with Crippen molar-refractivity contribution < 1.29 is 44.7 Å². The van der Waals surface area contributed by atoms with Crippen molar-refractivity contribution in [2.75, 3.05) is 0 Å². The number of aromatic nitrogens is 5. The first kappa shape index (κ1) is 32.4. The minimum Gasteiger partial charge on any atom is -0.457 e. The normalized spacial score (nSPS) is 12.3. The molecule has 0 aliphatic carbocycles. The molecule has 5 rings (SSSR count). The fraction of sp³-hybridized carbons (Fsp3) is 0.172. The number of nitrogens with one attached hydrogen (secondary N) is 1. The monoisotopic (exact) mass is 670 g/mol. The maximum atomic E-state index is 14.1. The zero-order chi connectivity index (χ0) is 33.4. The Bertz CT molecular complexity index is 1870. The average Bonchev–Trinajstić information content (AvgIpc) is 3.62. The van der Waals surface area contributed by atoms with Crippen LogP contribution in [0.3, 0.4) is 0 Å². The average molecular weight is 671 g/mol. The number of carbonyl (C=O) groups is 1. The van der Waals surface area contributed by atoms with Gasteiger partial charge in [0.1, 0.15) is 22.8 Å². The summed E-state index contributed by atoms with van der Waals surface area (Å²) < 4.78 is 115. The first-order valence-electron chi connectivity index (χ1n) is 13.0. The van der Waals surface area contributed by atoms with Crippen molar-refractivity contribution >= 4 is 17.5 Å². The lowest BCUT2D eigenvalue weighted by atomic mass is 10.1. The second kappa shape index (κ2) is 12.1. The number of rotatable bonds is 8. The lowest BCUT2D eigenvalue weighted by Crippen LogP contribution is -2.36. The van der Waals surface area contributed by atoms with Gasteiger partial charge in [0.25, 0.3) is 5.91 Å². The van der Waals surface area contributed by atoms with Crippen molar-refractivity contribution in [2.24, 2.45) is 7.05 Å². The van der Waals surface area contributed by atoms with Crippen LogP contribution in [-0.2, 0) is 25.7 Å². The summed E-state index contributed by atoms with van der Waals surface area (Å²) in [7, 11) is 0.746. The quantitative estimate of drug-likeness (QED) is 0.171. The molecule has 2 aromatic heterocycles. The highest BCUT2D eigenvalue weighted by molar-refractivity contribution is 6.34. The zero-order valence-corrected chi connectivity index (χ0v) is 23.9. The van der Waals surface area contributed by atoms with E-state index in [-0.39, 0.29) is 33.1 Å². The van der Waals surface area contributed by atoms with E-state index in [0.717, 1.165) is 18.8 Å². The number of aryl methyl sites for hydroxylation is 1. The molecular weight excluding hydrogens is 652 g/mol. The van der Waals surface area contributed by atoms with Crippen LogP contribution in [0.5, 0.6) is 11.5 Å². The molecule has 0 atom stereocenters. The van der Waals surface area contributed by atoms with Crippen LogP contribution in [-0.4, -0.2) is 36.9 Å². The van der Waals surface area contributed by atoms with Crippen molar-refractivity contribution in [3.8, 4) is 28.6 Å². The molecule has 0 aliphatic rings. The lowest BCUT2D eigenvalue weighted by molar-refractivity contribution is -0.292.